The minimum atomic E-state index is -0.279. The third-order valence-corrected chi connectivity index (χ3v) is 7.39. The van der Waals surface area contributed by atoms with Gasteiger partial charge in [-0.3, -0.25) is 9.59 Å². The van der Waals surface area contributed by atoms with Gasteiger partial charge >= 0.3 is 0 Å². The Morgan fingerprint density at radius 2 is 1.76 bits per heavy atom. The Labute approximate surface area is 199 Å². The van der Waals surface area contributed by atoms with Crippen molar-refractivity contribution < 1.29 is 18.7 Å². The number of hydrogen-bond acceptors (Lipinski definition) is 5. The summed E-state index contributed by atoms with van der Waals surface area (Å²) in [5, 5.41) is 3.22. The Hall–Kier alpha value is -2.78. The van der Waals surface area contributed by atoms with Gasteiger partial charge in [0.2, 0.25) is 5.91 Å². The molecule has 1 atom stereocenters. The molecule has 34 heavy (non-hydrogen) atoms. The van der Waals surface area contributed by atoms with Crippen LogP contribution in [-0.2, 0) is 22.7 Å². The number of halogens is 1. The Kier molecular flexibility index (Phi) is 6.65. The fourth-order valence-electron chi connectivity index (χ4n) is 5.15. The molecule has 1 aromatic carbocycles. The lowest BCUT2D eigenvalue weighted by Gasteiger charge is -2.34. The minimum Gasteiger partial charge on any atom is -0.365 e. The highest BCUT2D eigenvalue weighted by atomic mass is 19.1. The number of amides is 2. The molecule has 0 saturated carbocycles. The largest absolute Gasteiger partial charge is 0.365 e. The van der Waals surface area contributed by atoms with Gasteiger partial charge in [-0.2, -0.15) is 0 Å². The van der Waals surface area contributed by atoms with Crippen molar-refractivity contribution in [3.05, 3.63) is 53.4 Å². The molecule has 182 valence electrons. The van der Waals surface area contributed by atoms with Gasteiger partial charge in [-0.25, -0.2) is 9.37 Å². The lowest BCUT2D eigenvalue weighted by atomic mass is 9.94. The highest BCUT2D eigenvalue weighted by Crippen LogP contribution is 2.29. The average molecular weight is 470 g/mol. The topological polar surface area (TPSA) is 79.7 Å². The molecule has 0 radical (unpaired) electrons. The molecule has 2 aromatic rings. The summed E-state index contributed by atoms with van der Waals surface area (Å²) in [5.41, 5.74) is 2.09. The summed E-state index contributed by atoms with van der Waals surface area (Å²) in [6.45, 7) is 3.94. The van der Waals surface area contributed by atoms with Crippen molar-refractivity contribution in [2.75, 3.05) is 33.2 Å². The lowest BCUT2D eigenvalue weighted by Crippen LogP contribution is -2.48. The number of imidazole rings is 1. The van der Waals surface area contributed by atoms with E-state index in [1.54, 1.807) is 23.4 Å². The zero-order valence-electron chi connectivity index (χ0n) is 19.6. The van der Waals surface area contributed by atoms with Gasteiger partial charge in [0.15, 0.2) is 5.69 Å². The molecule has 2 saturated heterocycles. The number of benzene rings is 1. The first kappa shape index (κ1) is 23.0. The number of hydrogen-bond donors (Lipinski definition) is 1. The summed E-state index contributed by atoms with van der Waals surface area (Å²) in [4.78, 5) is 34.4. The van der Waals surface area contributed by atoms with Crippen LogP contribution >= 0.6 is 0 Å². The molecule has 2 fully saturated rings. The third kappa shape index (κ3) is 4.86. The Balaban J connectivity index is 1.15. The summed E-state index contributed by atoms with van der Waals surface area (Å²) < 4.78 is 21.2. The van der Waals surface area contributed by atoms with E-state index in [1.165, 1.54) is 12.1 Å². The number of piperidine rings is 2. The van der Waals surface area contributed by atoms with Crippen molar-refractivity contribution in [2.45, 2.75) is 51.0 Å². The number of ether oxygens (including phenoxy) is 1. The standard InChI is InChI=1S/C25H32FN5O3/c1-29-10-8-20(9-11-29)28-24(32)18-6-12-30(13-7-18)25(33)23-21-15-34-22(14-31(21)16-27-23)17-2-4-19(26)5-3-17/h2-5,16,18,20,22H,6-15H2,1H3,(H,28,32)/t22-/m0/s1. The van der Waals surface area contributed by atoms with E-state index in [1.807, 2.05) is 4.57 Å². The van der Waals surface area contributed by atoms with E-state index in [9.17, 15) is 14.0 Å². The number of fused-ring (bicyclic) bond motifs is 1. The molecule has 0 unspecified atom stereocenters. The van der Waals surface area contributed by atoms with Crippen LogP contribution in [-0.4, -0.2) is 70.4 Å². The van der Waals surface area contributed by atoms with Crippen LogP contribution in [0.3, 0.4) is 0 Å². The van der Waals surface area contributed by atoms with E-state index in [0.29, 0.717) is 38.2 Å². The molecule has 3 aliphatic heterocycles. The summed E-state index contributed by atoms with van der Waals surface area (Å²) in [5.74, 6) is -0.300. The third-order valence-electron chi connectivity index (χ3n) is 7.39. The number of likely N-dealkylation sites (tertiary alicyclic amines) is 2. The molecular weight excluding hydrogens is 437 g/mol. The monoisotopic (exact) mass is 469 g/mol. The van der Waals surface area contributed by atoms with Gasteiger partial charge in [0, 0.05) is 25.0 Å². The van der Waals surface area contributed by atoms with Gasteiger partial charge < -0.3 is 24.4 Å². The van der Waals surface area contributed by atoms with Crippen LogP contribution in [0.5, 0.6) is 0 Å². The van der Waals surface area contributed by atoms with Crippen molar-refractivity contribution >= 4 is 11.8 Å². The lowest BCUT2D eigenvalue weighted by molar-refractivity contribution is -0.127. The quantitative estimate of drug-likeness (QED) is 0.744. The second kappa shape index (κ2) is 9.84. The van der Waals surface area contributed by atoms with Crippen molar-refractivity contribution in [3.8, 4) is 0 Å². The van der Waals surface area contributed by atoms with E-state index in [0.717, 1.165) is 37.2 Å². The van der Waals surface area contributed by atoms with Crippen LogP contribution in [0, 0.1) is 11.7 Å². The number of rotatable bonds is 4. The molecule has 2 amide bonds. The van der Waals surface area contributed by atoms with Gasteiger partial charge in [-0.05, 0) is 63.5 Å². The Bertz CT molecular complexity index is 1020. The number of carbonyl (C=O) groups excluding carboxylic acids is 2. The average Bonchev–Trinajstić information content (AvgIpc) is 3.29. The molecule has 9 heteroatoms. The minimum absolute atomic E-state index is 0.0422. The first-order valence-electron chi connectivity index (χ1n) is 12.2. The molecule has 8 nitrogen and oxygen atoms in total. The Morgan fingerprint density at radius 3 is 2.47 bits per heavy atom. The molecule has 4 heterocycles. The van der Waals surface area contributed by atoms with Crippen molar-refractivity contribution in [2.24, 2.45) is 5.92 Å². The van der Waals surface area contributed by atoms with Gasteiger partial charge in [-0.1, -0.05) is 12.1 Å². The van der Waals surface area contributed by atoms with Gasteiger partial charge in [0.1, 0.15) is 11.9 Å². The molecule has 1 aromatic heterocycles. The van der Waals surface area contributed by atoms with E-state index in [-0.39, 0.29) is 42.3 Å². The zero-order valence-corrected chi connectivity index (χ0v) is 19.6. The molecule has 0 bridgehead atoms. The smallest absolute Gasteiger partial charge is 0.274 e. The Morgan fingerprint density at radius 1 is 1.06 bits per heavy atom. The predicted octanol–water partition coefficient (Wildman–Crippen LogP) is 2.36. The van der Waals surface area contributed by atoms with Crippen LogP contribution in [0.15, 0.2) is 30.6 Å². The SMILES string of the molecule is CN1CCC(NC(=O)C2CCN(C(=O)c3ncn4c3CO[C@H](c3ccc(F)cc3)C4)CC2)CC1. The van der Waals surface area contributed by atoms with Crippen molar-refractivity contribution in [1.29, 1.82) is 0 Å². The number of nitrogens with one attached hydrogen (secondary N) is 1. The fraction of sp³-hybridized carbons (Fsp3) is 0.560. The van der Waals surface area contributed by atoms with Crippen LogP contribution in [0.25, 0.3) is 0 Å². The molecule has 5 rings (SSSR count). The maximum absolute atomic E-state index is 13.2. The second-order valence-electron chi connectivity index (χ2n) is 9.70. The van der Waals surface area contributed by atoms with Gasteiger partial charge in [0.25, 0.3) is 5.91 Å². The fourth-order valence-corrected chi connectivity index (χ4v) is 5.15. The highest BCUT2D eigenvalue weighted by Gasteiger charge is 2.33. The van der Waals surface area contributed by atoms with Crippen molar-refractivity contribution in [1.82, 2.24) is 24.7 Å². The van der Waals surface area contributed by atoms with E-state index in [4.69, 9.17) is 4.74 Å². The van der Waals surface area contributed by atoms with Crippen LogP contribution in [0.2, 0.25) is 0 Å². The van der Waals surface area contributed by atoms with Crippen LogP contribution < -0.4 is 5.32 Å². The molecule has 1 N–H and O–H groups in total. The zero-order chi connectivity index (χ0) is 23.7. The first-order valence-corrected chi connectivity index (χ1v) is 12.2. The number of carbonyl (C=O) groups is 2. The van der Waals surface area contributed by atoms with Crippen LogP contribution in [0.1, 0.15) is 53.5 Å². The van der Waals surface area contributed by atoms with Crippen molar-refractivity contribution in [3.63, 3.8) is 0 Å². The summed E-state index contributed by atoms with van der Waals surface area (Å²) >= 11 is 0. The summed E-state index contributed by atoms with van der Waals surface area (Å²) in [6.07, 6.45) is 4.81. The molecular formula is C25H32FN5O3. The first-order chi connectivity index (χ1) is 16.5. The van der Waals surface area contributed by atoms with Gasteiger partial charge in [-0.15, -0.1) is 0 Å². The highest BCUT2D eigenvalue weighted by molar-refractivity contribution is 5.93. The molecule has 3 aliphatic rings. The van der Waals surface area contributed by atoms with E-state index >= 15 is 0 Å². The predicted molar refractivity (Wildman–Crippen MR) is 123 cm³/mol. The number of nitrogens with zero attached hydrogens (tertiary/aromatic N) is 4. The second-order valence-corrected chi connectivity index (χ2v) is 9.70. The molecule has 0 spiro atoms. The number of aromatic nitrogens is 2. The normalized spacial score (nSPS) is 22.4. The maximum Gasteiger partial charge on any atom is 0.274 e. The van der Waals surface area contributed by atoms with E-state index < -0.39 is 0 Å². The summed E-state index contributed by atoms with van der Waals surface area (Å²) in [6, 6.07) is 6.56. The van der Waals surface area contributed by atoms with Gasteiger partial charge in [0.05, 0.1) is 25.2 Å². The van der Waals surface area contributed by atoms with E-state index in [2.05, 4.69) is 22.2 Å². The van der Waals surface area contributed by atoms with Crippen LogP contribution in [0.4, 0.5) is 4.39 Å². The maximum atomic E-state index is 13.2. The summed E-state index contributed by atoms with van der Waals surface area (Å²) in [7, 11) is 2.11. The molecule has 0 aliphatic carbocycles.